The molecule has 0 spiro atoms. The average molecular weight is 277 g/mol. The monoisotopic (exact) mass is 277 g/mol. The first-order chi connectivity index (χ1) is 8.73. The number of hydrogen-bond donors (Lipinski definition) is 2. The lowest BCUT2D eigenvalue weighted by Crippen LogP contribution is -2.21. The lowest BCUT2D eigenvalue weighted by Gasteiger charge is -2.12. The van der Waals surface area contributed by atoms with Gasteiger partial charge < -0.3 is 15.2 Å². The molecule has 0 saturated carbocycles. The zero-order valence-electron chi connectivity index (χ0n) is 9.75. The maximum Gasteiger partial charge on any atom is 0.397 e. The normalized spacial score (nSPS) is 10.9. The summed E-state index contributed by atoms with van der Waals surface area (Å²) in [4.78, 5) is 21.9. The molecule has 0 aliphatic heterocycles. The van der Waals surface area contributed by atoms with Crippen molar-refractivity contribution in [3.05, 3.63) is 23.8 Å². The minimum atomic E-state index is -4.64. The Morgan fingerprint density at radius 1 is 1.37 bits per heavy atom. The molecule has 1 amide bonds. The standard InChI is InChI=1S/C11H10F3NO4/c1-19-8-3-2-6(10(17)18)4-7(8)15-9(16)5-11(12,13)14/h2-4H,5H2,1H3,(H,15,16)(H,17,18). The van der Waals surface area contributed by atoms with E-state index in [-0.39, 0.29) is 17.0 Å². The Balaban J connectivity index is 2.95. The molecule has 0 aliphatic carbocycles. The first kappa shape index (κ1) is 14.8. The van der Waals surface area contributed by atoms with Gasteiger partial charge in [0.15, 0.2) is 0 Å². The van der Waals surface area contributed by atoms with Crippen LogP contribution in [0.1, 0.15) is 16.8 Å². The summed E-state index contributed by atoms with van der Waals surface area (Å²) >= 11 is 0. The zero-order chi connectivity index (χ0) is 14.6. The number of carboxylic acid groups (broad SMARTS) is 1. The summed E-state index contributed by atoms with van der Waals surface area (Å²) in [7, 11) is 1.25. The van der Waals surface area contributed by atoms with Gasteiger partial charge in [0.2, 0.25) is 5.91 Å². The number of ether oxygens (including phenoxy) is 1. The van der Waals surface area contributed by atoms with Gasteiger partial charge in [-0.3, -0.25) is 4.79 Å². The molecule has 0 fully saturated rings. The van der Waals surface area contributed by atoms with E-state index in [2.05, 4.69) is 0 Å². The summed E-state index contributed by atoms with van der Waals surface area (Å²) in [5.41, 5.74) is -0.306. The van der Waals surface area contributed by atoms with E-state index in [1.54, 1.807) is 0 Å². The third kappa shape index (κ3) is 4.49. The summed E-state index contributed by atoms with van der Waals surface area (Å²) in [6.07, 6.45) is -6.30. The number of benzene rings is 1. The van der Waals surface area contributed by atoms with Gasteiger partial charge >= 0.3 is 12.1 Å². The van der Waals surface area contributed by atoms with Crippen molar-refractivity contribution in [3.63, 3.8) is 0 Å². The fraction of sp³-hybridized carbons (Fsp3) is 0.273. The van der Waals surface area contributed by atoms with Crippen LogP contribution in [0.2, 0.25) is 0 Å². The van der Waals surface area contributed by atoms with Crippen molar-refractivity contribution in [3.8, 4) is 5.75 Å². The lowest BCUT2D eigenvalue weighted by molar-refractivity contribution is -0.150. The molecule has 1 aromatic carbocycles. The predicted molar refractivity (Wildman–Crippen MR) is 59.3 cm³/mol. The first-order valence-electron chi connectivity index (χ1n) is 5.01. The van der Waals surface area contributed by atoms with Crippen molar-refractivity contribution in [1.29, 1.82) is 0 Å². The number of alkyl halides is 3. The molecule has 0 bridgehead atoms. The van der Waals surface area contributed by atoms with Gasteiger partial charge in [-0.2, -0.15) is 13.2 Å². The Kier molecular flexibility index (Phi) is 4.36. The number of amides is 1. The van der Waals surface area contributed by atoms with Gasteiger partial charge in [-0.25, -0.2) is 4.79 Å². The van der Waals surface area contributed by atoms with Crippen LogP contribution in [0.15, 0.2) is 18.2 Å². The highest BCUT2D eigenvalue weighted by molar-refractivity contribution is 5.95. The van der Waals surface area contributed by atoms with Crippen LogP contribution in [-0.4, -0.2) is 30.3 Å². The number of aromatic carboxylic acids is 1. The molecular formula is C11H10F3NO4. The number of carbonyl (C=O) groups is 2. The second kappa shape index (κ2) is 5.59. The van der Waals surface area contributed by atoms with Crippen LogP contribution in [-0.2, 0) is 4.79 Å². The number of hydrogen-bond acceptors (Lipinski definition) is 3. The molecule has 0 aromatic heterocycles. The smallest absolute Gasteiger partial charge is 0.397 e. The second-order valence-electron chi connectivity index (χ2n) is 3.56. The van der Waals surface area contributed by atoms with Gasteiger partial charge in [0, 0.05) is 0 Å². The highest BCUT2D eigenvalue weighted by atomic mass is 19.4. The van der Waals surface area contributed by atoms with E-state index >= 15 is 0 Å². The van der Waals surface area contributed by atoms with Gasteiger partial charge in [-0.1, -0.05) is 0 Å². The molecule has 0 saturated heterocycles. The number of methoxy groups -OCH3 is 1. The van der Waals surface area contributed by atoms with Crippen LogP contribution in [0.4, 0.5) is 18.9 Å². The Morgan fingerprint density at radius 2 is 2.00 bits per heavy atom. The maximum absolute atomic E-state index is 12.0. The molecule has 0 radical (unpaired) electrons. The third-order valence-electron chi connectivity index (χ3n) is 2.08. The number of carboxylic acids is 1. The van der Waals surface area contributed by atoms with Gasteiger partial charge in [-0.15, -0.1) is 0 Å². The van der Waals surface area contributed by atoms with Crippen LogP contribution in [0.25, 0.3) is 0 Å². The Bertz CT molecular complexity index is 499. The lowest BCUT2D eigenvalue weighted by atomic mass is 10.2. The molecule has 1 aromatic rings. The summed E-state index contributed by atoms with van der Waals surface area (Å²) in [6, 6.07) is 3.47. The largest absolute Gasteiger partial charge is 0.495 e. The predicted octanol–water partition coefficient (Wildman–Crippen LogP) is 2.28. The minimum absolute atomic E-state index is 0.0699. The molecule has 1 rings (SSSR count). The van der Waals surface area contributed by atoms with E-state index in [9.17, 15) is 22.8 Å². The zero-order valence-corrected chi connectivity index (χ0v) is 9.75. The average Bonchev–Trinajstić information content (AvgIpc) is 2.26. The van der Waals surface area contributed by atoms with Crippen LogP contribution in [0, 0.1) is 0 Å². The highest BCUT2D eigenvalue weighted by Gasteiger charge is 2.31. The SMILES string of the molecule is COc1ccc(C(=O)O)cc1NC(=O)CC(F)(F)F. The third-order valence-corrected chi connectivity index (χ3v) is 2.08. The van der Waals surface area contributed by atoms with E-state index in [1.165, 1.54) is 19.2 Å². The van der Waals surface area contributed by atoms with Crippen LogP contribution in [0.5, 0.6) is 5.75 Å². The van der Waals surface area contributed by atoms with E-state index < -0.39 is 24.5 Å². The first-order valence-corrected chi connectivity index (χ1v) is 5.01. The van der Waals surface area contributed by atoms with Crippen molar-refractivity contribution in [2.45, 2.75) is 12.6 Å². The van der Waals surface area contributed by atoms with E-state index in [0.717, 1.165) is 6.07 Å². The number of rotatable bonds is 4. The highest BCUT2D eigenvalue weighted by Crippen LogP contribution is 2.27. The van der Waals surface area contributed by atoms with Crippen molar-refractivity contribution < 1.29 is 32.6 Å². The summed E-state index contributed by atoms with van der Waals surface area (Å²) in [6.45, 7) is 0. The quantitative estimate of drug-likeness (QED) is 0.885. The second-order valence-corrected chi connectivity index (χ2v) is 3.56. The van der Waals surface area contributed by atoms with Gasteiger partial charge in [0.1, 0.15) is 12.2 Å². The molecule has 8 heteroatoms. The van der Waals surface area contributed by atoms with Crippen molar-refractivity contribution in [1.82, 2.24) is 0 Å². The van der Waals surface area contributed by atoms with Crippen LogP contribution < -0.4 is 10.1 Å². The number of halogens is 3. The molecule has 2 N–H and O–H groups in total. The molecule has 0 unspecified atom stereocenters. The van der Waals surface area contributed by atoms with Gasteiger partial charge in [-0.05, 0) is 18.2 Å². The Morgan fingerprint density at radius 3 is 2.47 bits per heavy atom. The fourth-order valence-corrected chi connectivity index (χ4v) is 1.32. The topological polar surface area (TPSA) is 75.6 Å². The molecule has 19 heavy (non-hydrogen) atoms. The van der Waals surface area contributed by atoms with Gasteiger partial charge in [0.05, 0.1) is 18.4 Å². The summed E-state index contributed by atoms with van der Waals surface area (Å²) in [5.74, 6) is -2.50. The number of nitrogens with one attached hydrogen (secondary N) is 1. The molecule has 0 atom stereocenters. The van der Waals surface area contributed by atoms with E-state index in [4.69, 9.17) is 9.84 Å². The van der Waals surface area contributed by atoms with Crippen molar-refractivity contribution in [2.75, 3.05) is 12.4 Å². The number of carbonyl (C=O) groups excluding carboxylic acids is 1. The van der Waals surface area contributed by atoms with Crippen LogP contribution in [0.3, 0.4) is 0 Å². The fourth-order valence-electron chi connectivity index (χ4n) is 1.32. The number of anilines is 1. The van der Waals surface area contributed by atoms with E-state index in [1.807, 2.05) is 5.32 Å². The molecular weight excluding hydrogens is 267 g/mol. The summed E-state index contributed by atoms with van der Waals surface area (Å²) in [5, 5.41) is 10.7. The Hall–Kier alpha value is -2.25. The summed E-state index contributed by atoms with van der Waals surface area (Å²) < 4.78 is 40.9. The van der Waals surface area contributed by atoms with Gasteiger partial charge in [0.25, 0.3) is 0 Å². The van der Waals surface area contributed by atoms with Crippen molar-refractivity contribution >= 4 is 17.6 Å². The van der Waals surface area contributed by atoms with Crippen LogP contribution >= 0.6 is 0 Å². The Labute approximate surface area is 106 Å². The molecule has 5 nitrogen and oxygen atoms in total. The van der Waals surface area contributed by atoms with Crippen molar-refractivity contribution in [2.24, 2.45) is 0 Å². The maximum atomic E-state index is 12.0. The molecule has 0 aliphatic rings. The molecule has 104 valence electrons. The molecule has 0 heterocycles. The van der Waals surface area contributed by atoms with E-state index in [0.29, 0.717) is 0 Å². The minimum Gasteiger partial charge on any atom is -0.495 e.